The maximum atomic E-state index is 11.3. The first-order valence-electron chi connectivity index (χ1n) is 5.54. The van der Waals surface area contributed by atoms with Crippen LogP contribution in [0.25, 0.3) is 0 Å². The molecule has 0 rings (SSSR count). The van der Waals surface area contributed by atoms with Crippen LogP contribution >= 0.6 is 0 Å². The minimum Gasteiger partial charge on any atom is -0.466 e. The lowest BCUT2D eigenvalue weighted by Gasteiger charge is -2.16. The molecular weight excluding hydrogens is 210 g/mol. The minimum atomic E-state index is -0.171. The van der Waals surface area contributed by atoms with Gasteiger partial charge < -0.3 is 19.5 Å². The second kappa shape index (κ2) is 9.57. The third kappa shape index (κ3) is 6.76. The summed E-state index contributed by atoms with van der Waals surface area (Å²) in [7, 11) is 3.27. The summed E-state index contributed by atoms with van der Waals surface area (Å²) in [6.07, 6.45) is 0.0133. The summed E-state index contributed by atoms with van der Waals surface area (Å²) in [6, 6.07) is 0. The lowest BCUT2D eigenvalue weighted by atomic mass is 10.2. The van der Waals surface area contributed by atoms with E-state index in [9.17, 15) is 4.79 Å². The highest BCUT2D eigenvalue weighted by Gasteiger charge is 2.14. The number of nitrogens with one attached hydrogen (secondary N) is 1. The van der Waals surface area contributed by atoms with Crippen molar-refractivity contribution in [3.63, 3.8) is 0 Å². The van der Waals surface area contributed by atoms with E-state index in [1.165, 1.54) is 0 Å². The molecular formula is C11H23NO4. The third-order valence-electron chi connectivity index (χ3n) is 2.20. The van der Waals surface area contributed by atoms with Gasteiger partial charge >= 0.3 is 5.97 Å². The van der Waals surface area contributed by atoms with Crippen molar-refractivity contribution in [2.45, 2.75) is 20.0 Å². The van der Waals surface area contributed by atoms with Gasteiger partial charge in [-0.2, -0.15) is 0 Å². The molecule has 0 saturated carbocycles. The van der Waals surface area contributed by atoms with Gasteiger partial charge in [-0.05, 0) is 6.92 Å². The smallest absolute Gasteiger partial charge is 0.309 e. The van der Waals surface area contributed by atoms with Gasteiger partial charge in [0.15, 0.2) is 0 Å². The molecule has 0 aromatic carbocycles. The average Bonchev–Trinajstić information content (AvgIpc) is 2.28. The Bertz CT molecular complexity index is 187. The second-order valence-electron chi connectivity index (χ2n) is 3.62. The molecule has 0 bridgehead atoms. The number of ether oxygens (including phenoxy) is 3. The van der Waals surface area contributed by atoms with Gasteiger partial charge in [-0.15, -0.1) is 0 Å². The number of carbonyl (C=O) groups excluding carboxylic acids is 1. The Kier molecular flexibility index (Phi) is 9.18. The van der Waals surface area contributed by atoms with Crippen molar-refractivity contribution >= 4 is 5.97 Å². The van der Waals surface area contributed by atoms with Crippen molar-refractivity contribution in [2.75, 3.05) is 40.5 Å². The number of methoxy groups -OCH3 is 2. The van der Waals surface area contributed by atoms with E-state index in [-0.39, 0.29) is 18.0 Å². The highest BCUT2D eigenvalue weighted by molar-refractivity contribution is 5.72. The number of esters is 1. The summed E-state index contributed by atoms with van der Waals surface area (Å²) in [6.45, 7) is 5.85. The maximum Gasteiger partial charge on any atom is 0.309 e. The average molecular weight is 233 g/mol. The lowest BCUT2D eigenvalue weighted by Crippen LogP contribution is -2.36. The molecule has 0 aromatic heterocycles. The monoisotopic (exact) mass is 233 g/mol. The Labute approximate surface area is 97.4 Å². The fourth-order valence-electron chi connectivity index (χ4n) is 1.22. The standard InChI is InChI=1S/C11H23NO4/c1-5-16-11(13)9(2)6-12-7-10(15-4)8-14-3/h9-10,12H,5-8H2,1-4H3. The van der Waals surface area contributed by atoms with E-state index < -0.39 is 0 Å². The van der Waals surface area contributed by atoms with E-state index >= 15 is 0 Å². The summed E-state index contributed by atoms with van der Waals surface area (Å²) >= 11 is 0. The molecule has 0 radical (unpaired) electrons. The molecule has 2 atom stereocenters. The van der Waals surface area contributed by atoms with E-state index in [1.807, 2.05) is 6.92 Å². The van der Waals surface area contributed by atoms with Crippen LogP contribution in [0.5, 0.6) is 0 Å². The first kappa shape index (κ1) is 15.3. The molecule has 0 aromatic rings. The molecule has 0 fully saturated rings. The molecule has 96 valence electrons. The number of carbonyl (C=O) groups is 1. The molecule has 0 saturated heterocycles. The van der Waals surface area contributed by atoms with Crippen LogP contribution in [0.3, 0.4) is 0 Å². The minimum absolute atomic E-state index is 0.0133. The van der Waals surface area contributed by atoms with Gasteiger partial charge in [0.05, 0.1) is 25.2 Å². The van der Waals surface area contributed by atoms with Crippen LogP contribution in [-0.2, 0) is 19.0 Å². The lowest BCUT2D eigenvalue weighted by molar-refractivity contribution is -0.147. The van der Waals surface area contributed by atoms with Crippen molar-refractivity contribution in [3.05, 3.63) is 0 Å². The normalized spacial score (nSPS) is 14.5. The molecule has 0 aliphatic rings. The Morgan fingerprint density at radius 2 is 2.00 bits per heavy atom. The molecule has 0 spiro atoms. The third-order valence-corrected chi connectivity index (χ3v) is 2.20. The fraction of sp³-hybridized carbons (Fsp3) is 0.909. The summed E-state index contributed by atoms with van der Waals surface area (Å²) in [5, 5.41) is 3.15. The van der Waals surface area contributed by atoms with Crippen molar-refractivity contribution < 1.29 is 19.0 Å². The van der Waals surface area contributed by atoms with Crippen molar-refractivity contribution in [2.24, 2.45) is 5.92 Å². The molecule has 0 aliphatic heterocycles. The van der Waals surface area contributed by atoms with Crippen LogP contribution in [0.2, 0.25) is 0 Å². The van der Waals surface area contributed by atoms with Crippen LogP contribution in [0, 0.1) is 5.92 Å². The van der Waals surface area contributed by atoms with Gasteiger partial charge in [-0.25, -0.2) is 0 Å². The molecule has 0 amide bonds. The molecule has 1 N–H and O–H groups in total. The van der Waals surface area contributed by atoms with Gasteiger partial charge in [0.2, 0.25) is 0 Å². The first-order valence-corrected chi connectivity index (χ1v) is 5.54. The van der Waals surface area contributed by atoms with Crippen LogP contribution < -0.4 is 5.32 Å². The van der Waals surface area contributed by atoms with Gasteiger partial charge in [0.1, 0.15) is 0 Å². The number of hydrogen-bond acceptors (Lipinski definition) is 5. The summed E-state index contributed by atoms with van der Waals surface area (Å²) < 4.78 is 15.1. The van der Waals surface area contributed by atoms with Crippen LogP contribution in [0.1, 0.15) is 13.8 Å². The predicted molar refractivity (Wildman–Crippen MR) is 61.3 cm³/mol. The quantitative estimate of drug-likeness (QED) is 0.585. The Morgan fingerprint density at radius 1 is 1.31 bits per heavy atom. The van der Waals surface area contributed by atoms with Crippen molar-refractivity contribution in [3.8, 4) is 0 Å². The summed E-state index contributed by atoms with van der Waals surface area (Å²) in [5.41, 5.74) is 0. The van der Waals surface area contributed by atoms with Gasteiger partial charge in [-0.1, -0.05) is 6.92 Å². The second-order valence-corrected chi connectivity index (χ2v) is 3.62. The molecule has 16 heavy (non-hydrogen) atoms. The zero-order valence-corrected chi connectivity index (χ0v) is 10.6. The summed E-state index contributed by atoms with van der Waals surface area (Å²) in [4.78, 5) is 11.3. The maximum absolute atomic E-state index is 11.3. The molecule has 2 unspecified atom stereocenters. The van der Waals surface area contributed by atoms with E-state index in [4.69, 9.17) is 14.2 Å². The molecule has 5 nitrogen and oxygen atoms in total. The predicted octanol–water partition coefficient (Wildman–Crippen LogP) is 0.437. The van der Waals surface area contributed by atoms with E-state index in [0.717, 1.165) is 0 Å². The first-order chi connectivity index (χ1) is 7.65. The molecule has 5 heteroatoms. The van der Waals surface area contributed by atoms with E-state index in [2.05, 4.69) is 5.32 Å². The summed E-state index contributed by atoms with van der Waals surface area (Å²) in [5.74, 6) is -0.310. The zero-order chi connectivity index (χ0) is 12.4. The molecule has 0 heterocycles. The van der Waals surface area contributed by atoms with Crippen LogP contribution in [-0.4, -0.2) is 52.6 Å². The van der Waals surface area contributed by atoms with Crippen molar-refractivity contribution in [1.29, 1.82) is 0 Å². The van der Waals surface area contributed by atoms with Gasteiger partial charge in [0, 0.05) is 27.3 Å². The fourth-order valence-corrected chi connectivity index (χ4v) is 1.22. The van der Waals surface area contributed by atoms with Crippen LogP contribution in [0.15, 0.2) is 0 Å². The molecule has 0 aliphatic carbocycles. The number of hydrogen-bond donors (Lipinski definition) is 1. The topological polar surface area (TPSA) is 56.8 Å². The van der Waals surface area contributed by atoms with Gasteiger partial charge in [-0.3, -0.25) is 4.79 Å². The SMILES string of the molecule is CCOC(=O)C(C)CNCC(COC)OC. The van der Waals surface area contributed by atoms with E-state index in [0.29, 0.717) is 26.3 Å². The van der Waals surface area contributed by atoms with Crippen LogP contribution in [0.4, 0.5) is 0 Å². The van der Waals surface area contributed by atoms with Gasteiger partial charge in [0.25, 0.3) is 0 Å². The number of rotatable bonds is 9. The zero-order valence-electron chi connectivity index (χ0n) is 10.6. The Balaban J connectivity index is 3.66. The van der Waals surface area contributed by atoms with Crippen molar-refractivity contribution in [1.82, 2.24) is 5.32 Å². The Morgan fingerprint density at radius 3 is 2.50 bits per heavy atom. The highest BCUT2D eigenvalue weighted by atomic mass is 16.5. The van der Waals surface area contributed by atoms with E-state index in [1.54, 1.807) is 21.1 Å². The Hall–Kier alpha value is -0.650. The highest BCUT2D eigenvalue weighted by Crippen LogP contribution is 1.97. The largest absolute Gasteiger partial charge is 0.466 e.